The molecule has 1 atom stereocenters. The zero-order chi connectivity index (χ0) is 13.7. The van der Waals surface area contributed by atoms with E-state index in [-0.39, 0.29) is 18.0 Å². The predicted octanol–water partition coefficient (Wildman–Crippen LogP) is 1.95. The van der Waals surface area contributed by atoms with Gasteiger partial charge in [-0.05, 0) is 24.5 Å². The number of carbonyl (C=O) groups excluding carboxylic acids is 1. The summed E-state index contributed by atoms with van der Waals surface area (Å²) in [5.41, 5.74) is 5.51. The maximum Gasteiger partial charge on any atom is 0.237 e. The molecule has 0 heterocycles. The minimum atomic E-state index is -0.673. The summed E-state index contributed by atoms with van der Waals surface area (Å²) in [6, 6.07) is 2.93. The molecule has 0 aliphatic rings. The van der Waals surface area contributed by atoms with Crippen molar-refractivity contribution in [2.45, 2.75) is 32.9 Å². The van der Waals surface area contributed by atoms with Gasteiger partial charge in [-0.25, -0.2) is 8.78 Å². The van der Waals surface area contributed by atoms with Crippen LogP contribution in [0.3, 0.4) is 0 Å². The molecular weight excluding hydrogens is 238 g/mol. The molecule has 0 unspecified atom stereocenters. The van der Waals surface area contributed by atoms with E-state index in [2.05, 4.69) is 5.32 Å². The SMILES string of the molecule is CC(C)C[C@@H](N)C(=O)NCc1c(F)cccc1F. The van der Waals surface area contributed by atoms with E-state index < -0.39 is 23.6 Å². The predicted molar refractivity (Wildman–Crippen MR) is 65.6 cm³/mol. The molecule has 0 saturated carbocycles. The van der Waals surface area contributed by atoms with Crippen LogP contribution < -0.4 is 11.1 Å². The standard InChI is InChI=1S/C13H18F2N2O/c1-8(2)6-12(16)13(18)17-7-9-10(14)4-3-5-11(9)15/h3-5,8,12H,6-7,16H2,1-2H3,(H,17,18)/t12-/m1/s1. The van der Waals surface area contributed by atoms with Crippen molar-refractivity contribution in [1.82, 2.24) is 5.32 Å². The normalized spacial score (nSPS) is 12.6. The first-order chi connectivity index (χ1) is 8.41. The molecule has 0 saturated heterocycles. The molecule has 5 heteroatoms. The van der Waals surface area contributed by atoms with Crippen LogP contribution in [0.1, 0.15) is 25.8 Å². The van der Waals surface area contributed by atoms with Gasteiger partial charge in [0.15, 0.2) is 0 Å². The lowest BCUT2D eigenvalue weighted by Gasteiger charge is -2.14. The van der Waals surface area contributed by atoms with E-state index in [1.807, 2.05) is 13.8 Å². The highest BCUT2D eigenvalue weighted by Gasteiger charge is 2.16. The third kappa shape index (κ3) is 4.07. The zero-order valence-electron chi connectivity index (χ0n) is 10.5. The van der Waals surface area contributed by atoms with E-state index >= 15 is 0 Å². The van der Waals surface area contributed by atoms with Crippen LogP contribution in [0.15, 0.2) is 18.2 Å². The highest BCUT2D eigenvalue weighted by atomic mass is 19.1. The van der Waals surface area contributed by atoms with Crippen molar-refractivity contribution in [1.29, 1.82) is 0 Å². The van der Waals surface area contributed by atoms with Crippen LogP contribution >= 0.6 is 0 Å². The largest absolute Gasteiger partial charge is 0.350 e. The average Bonchev–Trinajstić information content (AvgIpc) is 2.27. The molecule has 1 aromatic rings. The third-order valence-electron chi connectivity index (χ3n) is 2.56. The van der Waals surface area contributed by atoms with Gasteiger partial charge in [0, 0.05) is 12.1 Å². The summed E-state index contributed by atoms with van der Waals surface area (Å²) in [4.78, 5) is 11.6. The third-order valence-corrected chi connectivity index (χ3v) is 2.56. The lowest BCUT2D eigenvalue weighted by molar-refractivity contribution is -0.122. The number of hydrogen-bond donors (Lipinski definition) is 2. The molecule has 0 radical (unpaired) electrons. The fourth-order valence-corrected chi connectivity index (χ4v) is 1.62. The van der Waals surface area contributed by atoms with Gasteiger partial charge in [-0.1, -0.05) is 19.9 Å². The molecule has 3 N–H and O–H groups in total. The Morgan fingerprint density at radius 2 is 1.89 bits per heavy atom. The Morgan fingerprint density at radius 1 is 1.33 bits per heavy atom. The summed E-state index contributed by atoms with van der Waals surface area (Å²) < 4.78 is 26.6. The van der Waals surface area contributed by atoms with Gasteiger partial charge in [0.25, 0.3) is 0 Å². The maximum atomic E-state index is 13.3. The van der Waals surface area contributed by atoms with Crippen LogP contribution in [-0.2, 0) is 11.3 Å². The Hall–Kier alpha value is -1.49. The van der Waals surface area contributed by atoms with Gasteiger partial charge in [0.2, 0.25) is 5.91 Å². The van der Waals surface area contributed by atoms with E-state index in [9.17, 15) is 13.6 Å². The molecule has 18 heavy (non-hydrogen) atoms. The van der Waals surface area contributed by atoms with E-state index in [0.717, 1.165) is 12.1 Å². The Bertz CT molecular complexity index is 401. The van der Waals surface area contributed by atoms with E-state index in [1.165, 1.54) is 6.07 Å². The van der Waals surface area contributed by atoms with Gasteiger partial charge in [-0.3, -0.25) is 4.79 Å². The highest BCUT2D eigenvalue weighted by molar-refractivity contribution is 5.81. The molecule has 1 aromatic carbocycles. The summed E-state index contributed by atoms with van der Waals surface area (Å²) in [6.07, 6.45) is 0.533. The topological polar surface area (TPSA) is 55.1 Å². The molecule has 0 aromatic heterocycles. The molecule has 1 amide bonds. The Kier molecular flexibility index (Phi) is 5.22. The maximum absolute atomic E-state index is 13.3. The second kappa shape index (κ2) is 6.44. The minimum absolute atomic E-state index is 0.150. The van der Waals surface area contributed by atoms with Crippen molar-refractivity contribution >= 4 is 5.91 Å². The van der Waals surface area contributed by atoms with Crippen LogP contribution in [0.4, 0.5) is 8.78 Å². The lowest BCUT2D eigenvalue weighted by Crippen LogP contribution is -2.41. The molecular formula is C13H18F2N2O. The quantitative estimate of drug-likeness (QED) is 0.846. The van der Waals surface area contributed by atoms with Gasteiger partial charge in [0.05, 0.1) is 6.04 Å². The first-order valence-corrected chi connectivity index (χ1v) is 5.88. The van der Waals surface area contributed by atoms with Crippen LogP contribution in [0.2, 0.25) is 0 Å². The van der Waals surface area contributed by atoms with E-state index in [1.54, 1.807) is 0 Å². The summed E-state index contributed by atoms with van der Waals surface area (Å²) in [7, 11) is 0. The first-order valence-electron chi connectivity index (χ1n) is 5.88. The summed E-state index contributed by atoms with van der Waals surface area (Å²) in [5.74, 6) is -1.46. The number of amides is 1. The summed E-state index contributed by atoms with van der Waals surface area (Å²) >= 11 is 0. The molecule has 0 fully saturated rings. The summed E-state index contributed by atoms with van der Waals surface area (Å²) in [5, 5.41) is 2.44. The van der Waals surface area contributed by atoms with E-state index in [4.69, 9.17) is 5.73 Å². The molecule has 0 aliphatic heterocycles. The van der Waals surface area contributed by atoms with Crippen LogP contribution in [0.5, 0.6) is 0 Å². The minimum Gasteiger partial charge on any atom is -0.350 e. The number of nitrogens with two attached hydrogens (primary N) is 1. The van der Waals surface area contributed by atoms with Crippen molar-refractivity contribution in [3.63, 3.8) is 0 Å². The fraction of sp³-hybridized carbons (Fsp3) is 0.462. The zero-order valence-corrected chi connectivity index (χ0v) is 10.5. The van der Waals surface area contributed by atoms with Gasteiger partial charge in [-0.15, -0.1) is 0 Å². The van der Waals surface area contributed by atoms with Gasteiger partial charge < -0.3 is 11.1 Å². The first kappa shape index (κ1) is 14.6. The molecule has 1 rings (SSSR count). The van der Waals surface area contributed by atoms with Crippen molar-refractivity contribution in [3.8, 4) is 0 Å². The number of benzene rings is 1. The fourth-order valence-electron chi connectivity index (χ4n) is 1.62. The Morgan fingerprint density at radius 3 is 2.39 bits per heavy atom. The highest BCUT2D eigenvalue weighted by Crippen LogP contribution is 2.11. The number of nitrogens with one attached hydrogen (secondary N) is 1. The Balaban J connectivity index is 2.57. The van der Waals surface area contributed by atoms with Crippen molar-refractivity contribution in [2.75, 3.05) is 0 Å². The second-order valence-corrected chi connectivity index (χ2v) is 4.65. The second-order valence-electron chi connectivity index (χ2n) is 4.65. The molecule has 3 nitrogen and oxygen atoms in total. The monoisotopic (exact) mass is 256 g/mol. The smallest absolute Gasteiger partial charge is 0.237 e. The number of hydrogen-bond acceptors (Lipinski definition) is 2. The van der Waals surface area contributed by atoms with Crippen molar-refractivity contribution < 1.29 is 13.6 Å². The lowest BCUT2D eigenvalue weighted by atomic mass is 10.0. The van der Waals surface area contributed by atoms with Crippen LogP contribution in [0, 0.1) is 17.6 Å². The van der Waals surface area contributed by atoms with Crippen molar-refractivity contribution in [3.05, 3.63) is 35.4 Å². The molecule has 100 valence electrons. The average molecular weight is 256 g/mol. The van der Waals surface area contributed by atoms with E-state index in [0.29, 0.717) is 6.42 Å². The summed E-state index contributed by atoms with van der Waals surface area (Å²) in [6.45, 7) is 3.70. The molecule has 0 spiro atoms. The number of halogens is 2. The van der Waals surface area contributed by atoms with Crippen LogP contribution in [0.25, 0.3) is 0 Å². The molecule has 0 aliphatic carbocycles. The van der Waals surface area contributed by atoms with Crippen molar-refractivity contribution in [2.24, 2.45) is 11.7 Å². The number of rotatable bonds is 5. The molecule has 0 bridgehead atoms. The van der Waals surface area contributed by atoms with Gasteiger partial charge in [-0.2, -0.15) is 0 Å². The van der Waals surface area contributed by atoms with Crippen LogP contribution in [-0.4, -0.2) is 11.9 Å². The van der Waals surface area contributed by atoms with Gasteiger partial charge in [0.1, 0.15) is 11.6 Å². The number of carbonyl (C=O) groups is 1. The van der Waals surface area contributed by atoms with Gasteiger partial charge >= 0.3 is 0 Å². The Labute approximate surface area is 105 Å².